The van der Waals surface area contributed by atoms with Gasteiger partial charge in [-0.2, -0.15) is 0 Å². The van der Waals surface area contributed by atoms with Crippen LogP contribution in [0.1, 0.15) is 29.0 Å². The van der Waals surface area contributed by atoms with E-state index in [-0.39, 0.29) is 23.2 Å². The first kappa shape index (κ1) is 8.12. The zero-order chi connectivity index (χ0) is 11.2. The Morgan fingerprint density at radius 3 is 2.71 bits per heavy atom. The molecule has 1 aromatic rings. The number of hydrogen-bond donors (Lipinski definition) is 0. The van der Waals surface area contributed by atoms with Gasteiger partial charge in [-0.15, -0.1) is 0 Å². The van der Waals surface area contributed by atoms with Crippen molar-refractivity contribution in [1.29, 1.82) is 0 Å². The van der Waals surface area contributed by atoms with Gasteiger partial charge in [0.25, 0.3) is 0 Å². The zero-order valence-electron chi connectivity index (χ0n) is 8.43. The molecule has 1 aromatic carbocycles. The standard InChI is InChI=1S/C11H7BrO2/c1-6-4-10(13)8-3-2-7(12)5-9(8)11(6)14/h2-5H,1H3/i4D. The Morgan fingerprint density at radius 2 is 2.00 bits per heavy atom. The summed E-state index contributed by atoms with van der Waals surface area (Å²) in [6.07, 6.45) is 0. The predicted octanol–water partition coefficient (Wildman–Crippen LogP) is 2.77. The fraction of sp³-hybridized carbons (Fsp3) is 0.0909. The number of benzene rings is 1. The average molecular weight is 252 g/mol. The quantitative estimate of drug-likeness (QED) is 0.711. The molecule has 0 saturated carbocycles. The molecule has 0 saturated heterocycles. The van der Waals surface area contributed by atoms with Gasteiger partial charge < -0.3 is 0 Å². The van der Waals surface area contributed by atoms with Crippen LogP contribution < -0.4 is 0 Å². The van der Waals surface area contributed by atoms with Gasteiger partial charge in [0.2, 0.25) is 0 Å². The molecule has 2 nitrogen and oxygen atoms in total. The van der Waals surface area contributed by atoms with Crippen LogP contribution in [-0.2, 0) is 0 Å². The third kappa shape index (κ3) is 1.34. The maximum absolute atomic E-state index is 11.8. The van der Waals surface area contributed by atoms with E-state index in [2.05, 4.69) is 15.9 Å². The fourth-order valence-electron chi connectivity index (χ4n) is 1.40. The van der Waals surface area contributed by atoms with Gasteiger partial charge in [0.15, 0.2) is 11.6 Å². The summed E-state index contributed by atoms with van der Waals surface area (Å²) in [6.45, 7) is 1.51. The molecule has 0 heterocycles. The summed E-state index contributed by atoms with van der Waals surface area (Å²) in [5, 5.41) is 0. The molecular formula is C11H7BrO2. The normalized spacial score (nSPS) is 16.9. The summed E-state index contributed by atoms with van der Waals surface area (Å²) in [5.41, 5.74) is 0.910. The Kier molecular flexibility index (Phi) is 1.84. The van der Waals surface area contributed by atoms with Gasteiger partial charge in [-0.05, 0) is 31.2 Å². The van der Waals surface area contributed by atoms with Crippen LogP contribution in [0.2, 0.25) is 0 Å². The minimum Gasteiger partial charge on any atom is -0.289 e. The minimum atomic E-state index is -0.380. The third-order valence-corrected chi connectivity index (χ3v) is 2.61. The fourth-order valence-corrected chi connectivity index (χ4v) is 1.76. The van der Waals surface area contributed by atoms with Crippen molar-refractivity contribution in [2.75, 3.05) is 0 Å². The molecule has 3 heteroatoms. The van der Waals surface area contributed by atoms with E-state index in [9.17, 15) is 9.59 Å². The predicted molar refractivity (Wildman–Crippen MR) is 56.6 cm³/mol. The van der Waals surface area contributed by atoms with Gasteiger partial charge in [-0.25, -0.2) is 0 Å². The number of ketones is 2. The van der Waals surface area contributed by atoms with Gasteiger partial charge >= 0.3 is 0 Å². The third-order valence-electron chi connectivity index (χ3n) is 2.11. The van der Waals surface area contributed by atoms with Crippen molar-refractivity contribution in [1.82, 2.24) is 0 Å². The Hall–Kier alpha value is -1.22. The van der Waals surface area contributed by atoms with E-state index in [1.807, 2.05) is 0 Å². The molecule has 1 aliphatic rings. The van der Waals surface area contributed by atoms with Gasteiger partial charge in [0.05, 0.1) is 1.37 Å². The van der Waals surface area contributed by atoms with E-state index < -0.39 is 0 Å². The van der Waals surface area contributed by atoms with E-state index in [4.69, 9.17) is 1.37 Å². The zero-order valence-corrected chi connectivity index (χ0v) is 9.01. The monoisotopic (exact) mass is 251 g/mol. The second kappa shape index (κ2) is 3.17. The first-order valence-electron chi connectivity index (χ1n) is 4.59. The van der Waals surface area contributed by atoms with Crippen molar-refractivity contribution < 1.29 is 11.0 Å². The Labute approximate surface area is 91.2 Å². The van der Waals surface area contributed by atoms with Crippen molar-refractivity contribution in [3.05, 3.63) is 45.4 Å². The number of halogens is 1. The van der Waals surface area contributed by atoms with E-state index in [1.165, 1.54) is 6.92 Å². The van der Waals surface area contributed by atoms with Crippen molar-refractivity contribution in [2.45, 2.75) is 6.92 Å². The van der Waals surface area contributed by atoms with Crippen LogP contribution in [-0.4, -0.2) is 11.6 Å². The van der Waals surface area contributed by atoms with Crippen LogP contribution in [0.3, 0.4) is 0 Å². The number of hydrogen-bond acceptors (Lipinski definition) is 2. The molecule has 0 N–H and O–H groups in total. The SMILES string of the molecule is [2H]C1=C(C)C(=O)c2cc(Br)ccc2C1=O. The van der Waals surface area contributed by atoms with E-state index in [1.54, 1.807) is 18.2 Å². The minimum absolute atomic E-state index is 0.199. The smallest absolute Gasteiger partial charge is 0.189 e. The summed E-state index contributed by atoms with van der Waals surface area (Å²) in [4.78, 5) is 23.4. The maximum atomic E-state index is 11.8. The molecule has 0 aliphatic heterocycles. The van der Waals surface area contributed by atoms with Gasteiger partial charge in [0.1, 0.15) is 0 Å². The Balaban J connectivity index is 2.73. The molecule has 1 aliphatic carbocycles. The number of allylic oxidation sites excluding steroid dienone is 2. The largest absolute Gasteiger partial charge is 0.289 e. The second-order valence-electron chi connectivity index (χ2n) is 3.10. The van der Waals surface area contributed by atoms with Crippen LogP contribution in [0.5, 0.6) is 0 Å². The maximum Gasteiger partial charge on any atom is 0.189 e. The highest BCUT2D eigenvalue weighted by atomic mass is 79.9. The van der Waals surface area contributed by atoms with Gasteiger partial charge in [-0.3, -0.25) is 9.59 Å². The number of rotatable bonds is 0. The van der Waals surface area contributed by atoms with Gasteiger partial charge in [0, 0.05) is 21.2 Å². The molecule has 14 heavy (non-hydrogen) atoms. The first-order chi connectivity index (χ1) is 7.02. The van der Waals surface area contributed by atoms with E-state index >= 15 is 0 Å². The lowest BCUT2D eigenvalue weighted by atomic mass is 9.90. The van der Waals surface area contributed by atoms with Crippen LogP contribution in [0.15, 0.2) is 34.3 Å². The highest BCUT2D eigenvalue weighted by Gasteiger charge is 2.22. The lowest BCUT2D eigenvalue weighted by Gasteiger charge is -2.12. The lowest BCUT2D eigenvalue weighted by Crippen LogP contribution is -2.15. The van der Waals surface area contributed by atoms with Crippen LogP contribution in [0, 0.1) is 0 Å². The molecule has 0 bridgehead atoms. The molecule has 0 aromatic heterocycles. The highest BCUT2D eigenvalue weighted by molar-refractivity contribution is 9.10. The number of carbonyl (C=O) groups excluding carboxylic acids is 2. The molecule has 70 valence electrons. The molecule has 0 unspecified atom stereocenters. The molecule has 0 spiro atoms. The van der Waals surface area contributed by atoms with E-state index in [0.717, 1.165) is 4.47 Å². The molecule has 0 fully saturated rings. The molecule has 2 rings (SSSR count). The number of carbonyl (C=O) groups is 2. The second-order valence-corrected chi connectivity index (χ2v) is 4.01. The highest BCUT2D eigenvalue weighted by Crippen LogP contribution is 2.24. The van der Waals surface area contributed by atoms with Crippen LogP contribution in [0.4, 0.5) is 0 Å². The molecule has 0 amide bonds. The van der Waals surface area contributed by atoms with Crippen molar-refractivity contribution in [3.63, 3.8) is 0 Å². The summed E-state index contributed by atoms with van der Waals surface area (Å²) in [5.74, 6) is -0.620. The first-order valence-corrected chi connectivity index (χ1v) is 4.88. The molecule has 0 atom stereocenters. The Morgan fingerprint density at radius 1 is 1.29 bits per heavy atom. The van der Waals surface area contributed by atoms with E-state index in [0.29, 0.717) is 11.1 Å². The Bertz CT molecular complexity index is 517. The van der Waals surface area contributed by atoms with Gasteiger partial charge in [-0.1, -0.05) is 15.9 Å². The number of fused-ring (bicyclic) bond motifs is 1. The van der Waals surface area contributed by atoms with Crippen LogP contribution in [0.25, 0.3) is 0 Å². The average Bonchev–Trinajstić information content (AvgIpc) is 2.23. The molecule has 0 radical (unpaired) electrons. The summed E-state index contributed by atoms with van der Waals surface area (Å²) in [6, 6.07) is 4.68. The molecular weight excluding hydrogens is 244 g/mol. The summed E-state index contributed by atoms with van der Waals surface area (Å²) < 4.78 is 8.25. The number of Topliss-reactive ketones (excluding diaryl/α,β-unsaturated/α-hetero) is 1. The summed E-state index contributed by atoms with van der Waals surface area (Å²) >= 11 is 3.25. The van der Waals surface area contributed by atoms with Crippen molar-refractivity contribution >= 4 is 27.5 Å². The van der Waals surface area contributed by atoms with Crippen LogP contribution >= 0.6 is 15.9 Å². The summed E-state index contributed by atoms with van der Waals surface area (Å²) in [7, 11) is 0. The lowest BCUT2D eigenvalue weighted by molar-refractivity contribution is 0.0984. The van der Waals surface area contributed by atoms with Crippen molar-refractivity contribution in [3.8, 4) is 0 Å². The topological polar surface area (TPSA) is 34.1 Å². The van der Waals surface area contributed by atoms with Crippen molar-refractivity contribution in [2.24, 2.45) is 0 Å².